The normalized spacial score (nSPS) is 26.6. The van der Waals surface area contributed by atoms with Crippen molar-refractivity contribution in [3.8, 4) is 5.75 Å². The van der Waals surface area contributed by atoms with Crippen LogP contribution in [0.4, 0.5) is 0 Å². The van der Waals surface area contributed by atoms with E-state index < -0.39 is 18.0 Å². The number of hydrogen-bond acceptors (Lipinski definition) is 5. The second kappa shape index (κ2) is 8.92. The molecule has 2 fully saturated rings. The van der Waals surface area contributed by atoms with E-state index in [9.17, 15) is 5.11 Å². The van der Waals surface area contributed by atoms with Gasteiger partial charge < -0.3 is 20.1 Å². The van der Waals surface area contributed by atoms with E-state index in [2.05, 4.69) is 25.7 Å². The molecule has 0 spiro atoms. The average molecular weight is 393 g/mol. The first-order valence-corrected chi connectivity index (χ1v) is 9.56. The summed E-state index contributed by atoms with van der Waals surface area (Å²) < 4.78 is 5.68. The SMILES string of the molecule is CC1(C)CC2CC(C)(CN2CC(O)COc2ccccc2)C1.O=C(O)C(=O)O. The monoisotopic (exact) mass is 393 g/mol. The van der Waals surface area contributed by atoms with Crippen molar-refractivity contribution in [1.82, 2.24) is 4.90 Å². The molecule has 0 radical (unpaired) electrons. The summed E-state index contributed by atoms with van der Waals surface area (Å²) in [7, 11) is 0. The zero-order valence-corrected chi connectivity index (χ0v) is 16.8. The van der Waals surface area contributed by atoms with E-state index in [1.54, 1.807) is 0 Å². The van der Waals surface area contributed by atoms with Crippen molar-refractivity contribution in [1.29, 1.82) is 0 Å². The number of likely N-dealkylation sites (tertiary alicyclic amines) is 1. The van der Waals surface area contributed by atoms with Crippen molar-refractivity contribution >= 4 is 11.9 Å². The van der Waals surface area contributed by atoms with Crippen LogP contribution in [0.3, 0.4) is 0 Å². The lowest BCUT2D eigenvalue weighted by Crippen LogP contribution is -2.39. The van der Waals surface area contributed by atoms with E-state index in [-0.39, 0.29) is 0 Å². The molecular formula is C21H31NO6. The molecule has 156 valence electrons. The van der Waals surface area contributed by atoms with Gasteiger partial charge in [0.1, 0.15) is 18.5 Å². The number of fused-ring (bicyclic) bond motifs is 2. The highest BCUT2D eigenvalue weighted by Crippen LogP contribution is 2.52. The molecular weight excluding hydrogens is 362 g/mol. The van der Waals surface area contributed by atoms with E-state index in [4.69, 9.17) is 24.5 Å². The number of carboxylic acid groups (broad SMARTS) is 2. The smallest absolute Gasteiger partial charge is 0.414 e. The summed E-state index contributed by atoms with van der Waals surface area (Å²) in [6, 6.07) is 10.4. The molecule has 7 nitrogen and oxygen atoms in total. The van der Waals surface area contributed by atoms with Crippen LogP contribution in [0.2, 0.25) is 0 Å². The summed E-state index contributed by atoms with van der Waals surface area (Å²) in [5.41, 5.74) is 0.852. The number of rotatable bonds is 5. The van der Waals surface area contributed by atoms with Crippen LogP contribution in [0.5, 0.6) is 5.75 Å². The third-order valence-electron chi connectivity index (χ3n) is 5.34. The van der Waals surface area contributed by atoms with Gasteiger partial charge >= 0.3 is 11.9 Å². The summed E-state index contributed by atoms with van der Waals surface area (Å²) in [6.07, 6.45) is 3.40. The second-order valence-corrected chi connectivity index (χ2v) is 9.03. The minimum absolute atomic E-state index is 0.368. The van der Waals surface area contributed by atoms with Crippen molar-refractivity contribution in [3.63, 3.8) is 0 Å². The van der Waals surface area contributed by atoms with Gasteiger partial charge in [-0.05, 0) is 42.2 Å². The van der Waals surface area contributed by atoms with Crippen molar-refractivity contribution in [2.75, 3.05) is 19.7 Å². The number of β-amino-alcohol motifs (C(OH)–C–C–N with tert-alkyl or cyclic N) is 1. The Hall–Kier alpha value is -2.12. The Labute approximate surface area is 165 Å². The standard InChI is InChI=1S/C19H29NO2.C2H2O4/c1-18(2)9-15-10-19(3,13-18)14-20(15)11-16(21)12-22-17-7-5-4-6-8-17;3-1(4)2(5)6/h4-8,15-16,21H,9-14H2,1-3H3;(H,3,4)(H,5,6). The zero-order valence-electron chi connectivity index (χ0n) is 16.8. The fraction of sp³-hybridized carbons (Fsp3) is 0.619. The largest absolute Gasteiger partial charge is 0.491 e. The molecule has 1 heterocycles. The molecule has 1 saturated heterocycles. The number of benzene rings is 1. The van der Waals surface area contributed by atoms with Crippen molar-refractivity contribution in [2.24, 2.45) is 10.8 Å². The van der Waals surface area contributed by atoms with Crippen LogP contribution >= 0.6 is 0 Å². The van der Waals surface area contributed by atoms with Crippen LogP contribution in [0, 0.1) is 10.8 Å². The zero-order chi connectivity index (χ0) is 20.9. The van der Waals surface area contributed by atoms with Gasteiger partial charge in [0.2, 0.25) is 0 Å². The number of para-hydroxylation sites is 1. The lowest BCUT2D eigenvalue weighted by atomic mass is 9.65. The lowest BCUT2D eigenvalue weighted by molar-refractivity contribution is -0.159. The third-order valence-corrected chi connectivity index (χ3v) is 5.34. The number of aliphatic hydroxyl groups excluding tert-OH is 1. The van der Waals surface area contributed by atoms with Gasteiger partial charge in [-0.1, -0.05) is 39.0 Å². The molecule has 1 aliphatic heterocycles. The maximum absolute atomic E-state index is 10.3. The molecule has 3 N–H and O–H groups in total. The van der Waals surface area contributed by atoms with Gasteiger partial charge in [-0.2, -0.15) is 0 Å². The molecule has 28 heavy (non-hydrogen) atoms. The van der Waals surface area contributed by atoms with Gasteiger partial charge in [0.25, 0.3) is 0 Å². The maximum atomic E-state index is 10.3. The minimum Gasteiger partial charge on any atom is -0.491 e. The Morgan fingerprint density at radius 3 is 2.32 bits per heavy atom. The molecule has 3 atom stereocenters. The third kappa shape index (κ3) is 6.49. The summed E-state index contributed by atoms with van der Waals surface area (Å²) in [6.45, 7) is 9.39. The molecule has 1 aromatic rings. The van der Waals surface area contributed by atoms with Gasteiger partial charge in [-0.25, -0.2) is 9.59 Å². The fourth-order valence-corrected chi connectivity index (χ4v) is 4.82. The summed E-state index contributed by atoms with van der Waals surface area (Å²) in [4.78, 5) is 20.7. The maximum Gasteiger partial charge on any atom is 0.414 e. The van der Waals surface area contributed by atoms with E-state index in [1.165, 1.54) is 19.3 Å². The lowest BCUT2D eigenvalue weighted by Gasteiger charge is -2.40. The Balaban J connectivity index is 0.000000409. The summed E-state index contributed by atoms with van der Waals surface area (Å²) in [5, 5.41) is 25.1. The van der Waals surface area contributed by atoms with Crippen LogP contribution in [0.15, 0.2) is 30.3 Å². The highest BCUT2D eigenvalue weighted by molar-refractivity contribution is 6.27. The predicted molar refractivity (Wildman–Crippen MR) is 104 cm³/mol. The predicted octanol–water partition coefficient (Wildman–Crippen LogP) is 2.48. The van der Waals surface area contributed by atoms with Crippen molar-refractivity contribution in [3.05, 3.63) is 30.3 Å². The summed E-state index contributed by atoms with van der Waals surface area (Å²) in [5.74, 6) is -2.82. The molecule has 0 aromatic heterocycles. The van der Waals surface area contributed by atoms with Gasteiger partial charge in [0, 0.05) is 19.1 Å². The van der Waals surface area contributed by atoms with Crippen LogP contribution in [-0.4, -0.2) is 64.0 Å². The molecule has 3 rings (SSSR count). The van der Waals surface area contributed by atoms with Crippen LogP contribution in [0.1, 0.15) is 40.0 Å². The molecule has 2 aliphatic rings. The Bertz CT molecular complexity index is 665. The molecule has 1 aliphatic carbocycles. The van der Waals surface area contributed by atoms with Crippen LogP contribution in [0.25, 0.3) is 0 Å². The van der Waals surface area contributed by atoms with Gasteiger partial charge in [-0.3, -0.25) is 4.90 Å². The van der Waals surface area contributed by atoms with Crippen LogP contribution in [-0.2, 0) is 9.59 Å². The number of hydrogen-bond donors (Lipinski definition) is 3. The molecule has 3 unspecified atom stereocenters. The Kier molecular flexibility index (Phi) is 7.06. The van der Waals surface area contributed by atoms with E-state index in [0.29, 0.717) is 23.5 Å². The van der Waals surface area contributed by atoms with Crippen molar-refractivity contribution < 1.29 is 29.6 Å². The van der Waals surface area contributed by atoms with E-state index in [1.807, 2.05) is 30.3 Å². The molecule has 7 heteroatoms. The number of carbonyl (C=O) groups is 2. The first-order chi connectivity index (χ1) is 13.0. The average Bonchev–Trinajstić information content (AvgIpc) is 2.82. The Morgan fingerprint density at radius 1 is 1.14 bits per heavy atom. The first-order valence-electron chi connectivity index (χ1n) is 9.56. The van der Waals surface area contributed by atoms with E-state index >= 15 is 0 Å². The Morgan fingerprint density at radius 2 is 1.75 bits per heavy atom. The number of carboxylic acids is 2. The van der Waals surface area contributed by atoms with Gasteiger partial charge in [0.15, 0.2) is 0 Å². The quantitative estimate of drug-likeness (QED) is 0.660. The summed E-state index contributed by atoms with van der Waals surface area (Å²) >= 11 is 0. The van der Waals surface area contributed by atoms with Gasteiger partial charge in [-0.15, -0.1) is 0 Å². The molecule has 1 saturated carbocycles. The number of aliphatic hydroxyl groups is 1. The molecule has 0 amide bonds. The first kappa shape index (κ1) is 22.2. The van der Waals surface area contributed by atoms with Gasteiger partial charge in [0.05, 0.1) is 0 Å². The number of aliphatic carboxylic acids is 2. The van der Waals surface area contributed by atoms with Crippen LogP contribution < -0.4 is 4.74 Å². The topological polar surface area (TPSA) is 107 Å². The number of nitrogens with zero attached hydrogens (tertiary/aromatic N) is 1. The minimum atomic E-state index is -1.82. The molecule has 2 bridgehead atoms. The van der Waals surface area contributed by atoms with E-state index in [0.717, 1.165) is 18.8 Å². The number of ether oxygens (including phenoxy) is 1. The molecule has 1 aromatic carbocycles. The van der Waals surface area contributed by atoms with Crippen molar-refractivity contribution in [2.45, 2.75) is 52.2 Å². The highest BCUT2D eigenvalue weighted by Gasteiger charge is 2.49. The second-order valence-electron chi connectivity index (χ2n) is 9.03. The highest BCUT2D eigenvalue weighted by atomic mass is 16.5. The fourth-order valence-electron chi connectivity index (χ4n) is 4.82.